The van der Waals surface area contributed by atoms with Gasteiger partial charge in [0.05, 0.1) is 0 Å². The highest BCUT2D eigenvalue weighted by Gasteiger charge is 2.21. The van der Waals surface area contributed by atoms with Gasteiger partial charge in [-0.15, -0.1) is 11.3 Å². The zero-order valence-corrected chi connectivity index (χ0v) is 11.5. The number of carbonyl (C=O) groups is 1. The van der Waals surface area contributed by atoms with Gasteiger partial charge in [-0.2, -0.15) is 0 Å². The average Bonchev–Trinajstić information content (AvgIpc) is 2.85. The number of thiazole rings is 1. The first-order valence-corrected chi connectivity index (χ1v) is 7.45. The first-order chi connectivity index (χ1) is 9.28. The lowest BCUT2D eigenvalue weighted by atomic mass is 9.79. The summed E-state index contributed by atoms with van der Waals surface area (Å²) in [5.74, 6) is 0.639. The van der Waals surface area contributed by atoms with Crippen molar-refractivity contribution in [1.29, 1.82) is 0 Å². The molecular weight excluding hydrogens is 256 g/mol. The van der Waals surface area contributed by atoms with Gasteiger partial charge in [0, 0.05) is 17.5 Å². The molecule has 0 aliphatic heterocycles. The topological polar surface area (TPSA) is 56.0 Å². The van der Waals surface area contributed by atoms with Gasteiger partial charge in [-0.25, -0.2) is 4.98 Å². The molecule has 3 rings (SSSR count). The van der Waals surface area contributed by atoms with Gasteiger partial charge in [-0.05, 0) is 30.4 Å². The van der Waals surface area contributed by atoms with Crippen molar-refractivity contribution in [3.63, 3.8) is 0 Å². The number of hydrogen-bond donors (Lipinski definition) is 1. The van der Waals surface area contributed by atoms with Crippen molar-refractivity contribution in [3.8, 4) is 0 Å². The number of nitrogens with two attached hydrogens (primary N) is 1. The van der Waals surface area contributed by atoms with E-state index in [0.717, 1.165) is 10.6 Å². The number of benzene rings is 1. The number of ketones is 1. The van der Waals surface area contributed by atoms with Crippen LogP contribution in [0.15, 0.2) is 29.6 Å². The van der Waals surface area contributed by atoms with Crippen LogP contribution >= 0.6 is 11.3 Å². The van der Waals surface area contributed by atoms with Crippen LogP contribution in [0.4, 0.5) is 0 Å². The monoisotopic (exact) mass is 272 g/mol. The summed E-state index contributed by atoms with van der Waals surface area (Å²) in [6.07, 6.45) is 3.78. The van der Waals surface area contributed by atoms with E-state index in [4.69, 9.17) is 5.73 Å². The summed E-state index contributed by atoms with van der Waals surface area (Å²) < 4.78 is 0. The molecule has 3 nitrogen and oxygen atoms in total. The molecule has 0 bridgehead atoms. The van der Waals surface area contributed by atoms with E-state index in [-0.39, 0.29) is 5.78 Å². The second-order valence-electron chi connectivity index (χ2n) is 4.91. The van der Waals surface area contributed by atoms with Crippen molar-refractivity contribution in [2.24, 2.45) is 5.73 Å². The quantitative estimate of drug-likeness (QED) is 0.870. The number of carbonyl (C=O) groups excluding carboxylic acids is 1. The van der Waals surface area contributed by atoms with Crippen molar-refractivity contribution in [2.45, 2.75) is 31.7 Å². The Kier molecular flexibility index (Phi) is 3.44. The second-order valence-corrected chi connectivity index (χ2v) is 5.86. The third-order valence-electron chi connectivity index (χ3n) is 3.68. The number of nitrogens with zero attached hydrogens (tertiary/aromatic N) is 1. The van der Waals surface area contributed by atoms with Gasteiger partial charge in [0.15, 0.2) is 0 Å². The van der Waals surface area contributed by atoms with Gasteiger partial charge < -0.3 is 5.73 Å². The fraction of sp³-hybridized carbons (Fsp3) is 0.333. The average molecular weight is 272 g/mol. The maximum Gasteiger partial charge on any atom is 0.212 e. The molecule has 0 saturated heterocycles. The molecule has 0 spiro atoms. The first kappa shape index (κ1) is 12.5. The highest BCUT2D eigenvalue weighted by atomic mass is 32.1. The van der Waals surface area contributed by atoms with Crippen molar-refractivity contribution in [1.82, 2.24) is 4.98 Å². The van der Waals surface area contributed by atoms with Crippen LogP contribution in [0.2, 0.25) is 0 Å². The van der Waals surface area contributed by atoms with Crippen molar-refractivity contribution < 1.29 is 4.79 Å². The highest BCUT2D eigenvalue weighted by Crippen LogP contribution is 2.36. The fourth-order valence-corrected chi connectivity index (χ4v) is 2.99. The van der Waals surface area contributed by atoms with Crippen LogP contribution in [0.5, 0.6) is 0 Å². The van der Waals surface area contributed by atoms with E-state index in [9.17, 15) is 4.79 Å². The Morgan fingerprint density at radius 2 is 2.26 bits per heavy atom. The Bertz CT molecular complexity index is 602. The van der Waals surface area contributed by atoms with E-state index in [1.807, 2.05) is 18.2 Å². The van der Waals surface area contributed by atoms with Gasteiger partial charge in [-0.1, -0.05) is 24.6 Å². The van der Waals surface area contributed by atoms with Crippen LogP contribution in [0.3, 0.4) is 0 Å². The summed E-state index contributed by atoms with van der Waals surface area (Å²) >= 11 is 1.44. The third kappa shape index (κ3) is 2.46. The minimum atomic E-state index is -0.00266. The lowest BCUT2D eigenvalue weighted by Gasteiger charge is -2.25. The maximum absolute atomic E-state index is 12.4. The van der Waals surface area contributed by atoms with Crippen molar-refractivity contribution in [2.75, 3.05) is 0 Å². The third-order valence-corrected chi connectivity index (χ3v) is 4.56. The molecule has 2 aromatic rings. The standard InChI is InChI=1S/C15H16N2OS/c16-8-14-17-13(9-19-14)15(18)12-6-2-5-11(7-12)10-3-1-4-10/h2,5-7,9-10H,1,3-4,8,16H2. The minimum Gasteiger partial charge on any atom is -0.325 e. The van der Waals surface area contributed by atoms with E-state index in [2.05, 4.69) is 11.1 Å². The number of rotatable bonds is 4. The summed E-state index contributed by atoms with van der Waals surface area (Å²) in [4.78, 5) is 16.6. The zero-order valence-electron chi connectivity index (χ0n) is 10.6. The molecule has 2 N–H and O–H groups in total. The van der Waals surface area contributed by atoms with Gasteiger partial charge in [0.1, 0.15) is 10.7 Å². The molecular formula is C15H16N2OS. The molecule has 1 aromatic heterocycles. The molecule has 98 valence electrons. The molecule has 0 unspecified atom stereocenters. The Hall–Kier alpha value is -1.52. The summed E-state index contributed by atoms with van der Waals surface area (Å²) in [6.45, 7) is 0.389. The highest BCUT2D eigenvalue weighted by molar-refractivity contribution is 7.09. The Balaban J connectivity index is 1.86. The van der Waals surface area contributed by atoms with E-state index in [1.165, 1.54) is 36.2 Å². The Morgan fingerprint density at radius 1 is 1.42 bits per heavy atom. The fourth-order valence-electron chi connectivity index (χ4n) is 2.33. The molecule has 1 aromatic carbocycles. The molecule has 0 radical (unpaired) electrons. The van der Waals surface area contributed by atoms with E-state index >= 15 is 0 Å². The van der Waals surface area contributed by atoms with Crippen LogP contribution in [-0.2, 0) is 6.54 Å². The van der Waals surface area contributed by atoms with Gasteiger partial charge in [0.2, 0.25) is 5.78 Å². The van der Waals surface area contributed by atoms with Gasteiger partial charge >= 0.3 is 0 Å². The summed E-state index contributed by atoms with van der Waals surface area (Å²) in [7, 11) is 0. The first-order valence-electron chi connectivity index (χ1n) is 6.57. The van der Waals surface area contributed by atoms with Crippen LogP contribution in [0.1, 0.15) is 51.8 Å². The molecule has 4 heteroatoms. The SMILES string of the molecule is NCc1nc(C(=O)c2cccc(C3CCC3)c2)cs1. The predicted octanol–water partition coefficient (Wildman–Crippen LogP) is 3.10. The van der Waals surface area contributed by atoms with Crippen LogP contribution in [0.25, 0.3) is 0 Å². The molecule has 1 saturated carbocycles. The van der Waals surface area contributed by atoms with Crippen LogP contribution < -0.4 is 5.73 Å². The lowest BCUT2D eigenvalue weighted by molar-refractivity contribution is 0.103. The zero-order chi connectivity index (χ0) is 13.2. The maximum atomic E-state index is 12.4. The molecule has 1 heterocycles. The minimum absolute atomic E-state index is 0.00266. The van der Waals surface area contributed by atoms with E-state index in [0.29, 0.717) is 18.2 Å². The lowest BCUT2D eigenvalue weighted by Crippen LogP contribution is -2.10. The van der Waals surface area contributed by atoms with Crippen LogP contribution in [0, 0.1) is 0 Å². The van der Waals surface area contributed by atoms with E-state index < -0.39 is 0 Å². The summed E-state index contributed by atoms with van der Waals surface area (Å²) in [6, 6.07) is 7.98. The number of hydrogen-bond acceptors (Lipinski definition) is 4. The molecule has 0 amide bonds. The summed E-state index contributed by atoms with van der Waals surface area (Å²) in [5, 5.41) is 2.60. The molecule has 1 aliphatic rings. The van der Waals surface area contributed by atoms with Crippen molar-refractivity contribution >= 4 is 17.1 Å². The molecule has 0 atom stereocenters. The number of aromatic nitrogens is 1. The van der Waals surface area contributed by atoms with Gasteiger partial charge in [-0.3, -0.25) is 4.79 Å². The van der Waals surface area contributed by atoms with Crippen LogP contribution in [-0.4, -0.2) is 10.8 Å². The molecule has 1 fully saturated rings. The Labute approximate surface area is 116 Å². The van der Waals surface area contributed by atoms with Gasteiger partial charge in [0.25, 0.3) is 0 Å². The second kappa shape index (κ2) is 5.23. The largest absolute Gasteiger partial charge is 0.325 e. The van der Waals surface area contributed by atoms with Crippen molar-refractivity contribution in [3.05, 3.63) is 51.5 Å². The Morgan fingerprint density at radius 3 is 2.89 bits per heavy atom. The summed E-state index contributed by atoms with van der Waals surface area (Å²) in [5.41, 5.74) is 8.06. The normalized spacial score (nSPS) is 15.2. The predicted molar refractivity (Wildman–Crippen MR) is 76.5 cm³/mol. The molecule has 19 heavy (non-hydrogen) atoms. The smallest absolute Gasteiger partial charge is 0.212 e. The van der Waals surface area contributed by atoms with E-state index in [1.54, 1.807) is 5.38 Å². The molecule has 1 aliphatic carbocycles.